The topological polar surface area (TPSA) is 59.7 Å². The van der Waals surface area contributed by atoms with Gasteiger partial charge in [0.25, 0.3) is 0 Å². The fourth-order valence-electron chi connectivity index (χ4n) is 2.81. The van der Waals surface area contributed by atoms with Crippen molar-refractivity contribution < 1.29 is 9.53 Å². The summed E-state index contributed by atoms with van der Waals surface area (Å²) < 4.78 is 8.05. The zero-order valence-electron chi connectivity index (χ0n) is 14.2. The quantitative estimate of drug-likeness (QED) is 0.487. The second-order valence-corrected chi connectivity index (χ2v) is 5.98. The number of carbonyl (C=O) groups is 1. The summed E-state index contributed by atoms with van der Waals surface area (Å²) in [6.45, 7) is 9.16. The number of rotatable bonds is 4. The Morgan fingerprint density at radius 2 is 2.26 bits per heavy atom. The molecular formula is C17H26N4O2. The molecule has 1 aromatic rings. The van der Waals surface area contributed by atoms with Gasteiger partial charge in [-0.3, -0.25) is 14.5 Å². The van der Waals surface area contributed by atoms with Crippen molar-refractivity contribution in [3.8, 4) is 0 Å². The number of amides is 1. The molecule has 1 atom stereocenters. The minimum Gasteiger partial charge on any atom is -0.473 e. The van der Waals surface area contributed by atoms with Crippen LogP contribution in [0, 0.1) is 0 Å². The number of likely N-dealkylation sites (tertiary alicyclic amines) is 1. The Morgan fingerprint density at radius 3 is 2.91 bits per heavy atom. The number of nitrogens with zero attached hydrogens (tertiary/aromatic N) is 4. The van der Waals surface area contributed by atoms with Crippen molar-refractivity contribution in [2.24, 2.45) is 4.99 Å². The maximum Gasteiger partial charge on any atom is 0.245 e. The Kier molecular flexibility index (Phi) is 5.96. The molecule has 0 aromatic carbocycles. The summed E-state index contributed by atoms with van der Waals surface area (Å²) in [6.07, 6.45) is 5.84. The fraction of sp³-hybridized carbons (Fsp3) is 0.588. The molecule has 0 aliphatic carbocycles. The van der Waals surface area contributed by atoms with Crippen molar-refractivity contribution in [3.05, 3.63) is 30.6 Å². The first-order valence-electron chi connectivity index (χ1n) is 8.15. The van der Waals surface area contributed by atoms with E-state index in [1.54, 1.807) is 13.2 Å². The Hall–Kier alpha value is -2.11. The van der Waals surface area contributed by atoms with Crippen molar-refractivity contribution in [2.75, 3.05) is 20.1 Å². The van der Waals surface area contributed by atoms with Crippen molar-refractivity contribution in [3.63, 3.8) is 0 Å². The van der Waals surface area contributed by atoms with Crippen molar-refractivity contribution in [1.29, 1.82) is 0 Å². The van der Waals surface area contributed by atoms with Crippen molar-refractivity contribution in [1.82, 2.24) is 14.7 Å². The lowest BCUT2D eigenvalue weighted by Crippen LogP contribution is -2.31. The second-order valence-electron chi connectivity index (χ2n) is 5.98. The van der Waals surface area contributed by atoms with E-state index in [1.807, 2.05) is 15.6 Å². The van der Waals surface area contributed by atoms with E-state index < -0.39 is 0 Å². The lowest BCUT2D eigenvalue weighted by Gasteiger charge is -2.20. The predicted octanol–water partition coefficient (Wildman–Crippen LogP) is 2.42. The van der Waals surface area contributed by atoms with E-state index in [9.17, 15) is 4.79 Å². The molecule has 6 heteroatoms. The molecule has 1 aliphatic heterocycles. The Bertz CT molecular complexity index is 577. The summed E-state index contributed by atoms with van der Waals surface area (Å²) in [4.78, 5) is 17.9. The normalized spacial score (nSPS) is 19.6. The van der Waals surface area contributed by atoms with Gasteiger partial charge < -0.3 is 9.64 Å². The molecule has 1 fully saturated rings. The number of aromatic nitrogens is 2. The smallest absolute Gasteiger partial charge is 0.245 e. The number of aliphatic imine (C=N–C) groups is 1. The first-order valence-corrected chi connectivity index (χ1v) is 8.15. The summed E-state index contributed by atoms with van der Waals surface area (Å²) in [5.74, 6) is 0.609. The van der Waals surface area contributed by atoms with Gasteiger partial charge in [0.05, 0.1) is 0 Å². The van der Waals surface area contributed by atoms with Crippen LogP contribution >= 0.6 is 0 Å². The molecule has 6 nitrogen and oxygen atoms in total. The Balaban J connectivity index is 2.04. The molecule has 1 saturated heterocycles. The summed E-state index contributed by atoms with van der Waals surface area (Å²) in [5, 5.41) is 4.33. The van der Waals surface area contributed by atoms with Crippen LogP contribution in [0.2, 0.25) is 0 Å². The van der Waals surface area contributed by atoms with Crippen LogP contribution in [0.4, 0.5) is 0 Å². The third-order valence-corrected chi connectivity index (χ3v) is 4.02. The molecule has 0 saturated carbocycles. The fourth-order valence-corrected chi connectivity index (χ4v) is 2.81. The SMILES string of the molecule is C=CC(=O)N1CCC[C@@H](O/C(=N/C)c2ccnn2C(C)C)CC1. The third-order valence-electron chi connectivity index (χ3n) is 4.02. The summed E-state index contributed by atoms with van der Waals surface area (Å²) in [5.41, 5.74) is 0.894. The average molecular weight is 318 g/mol. The van der Waals surface area contributed by atoms with Crippen LogP contribution in [-0.2, 0) is 9.53 Å². The minimum absolute atomic E-state index is 0.00656. The maximum absolute atomic E-state index is 11.7. The number of carbonyl (C=O) groups excluding carboxylic acids is 1. The Morgan fingerprint density at radius 1 is 1.48 bits per heavy atom. The second kappa shape index (κ2) is 7.94. The van der Waals surface area contributed by atoms with Gasteiger partial charge in [-0.1, -0.05) is 6.58 Å². The zero-order chi connectivity index (χ0) is 16.8. The van der Waals surface area contributed by atoms with Crippen LogP contribution in [0.1, 0.15) is 44.8 Å². The number of ether oxygens (including phenoxy) is 1. The molecule has 0 unspecified atom stereocenters. The summed E-state index contributed by atoms with van der Waals surface area (Å²) in [7, 11) is 1.73. The molecule has 126 valence electrons. The van der Waals surface area contributed by atoms with Crippen molar-refractivity contribution in [2.45, 2.75) is 45.3 Å². The van der Waals surface area contributed by atoms with E-state index in [0.717, 1.165) is 31.5 Å². The van der Waals surface area contributed by atoms with Gasteiger partial charge in [0.15, 0.2) is 0 Å². The average Bonchev–Trinajstić information content (AvgIpc) is 2.92. The summed E-state index contributed by atoms with van der Waals surface area (Å²) >= 11 is 0. The van der Waals surface area contributed by atoms with Gasteiger partial charge in [-0.25, -0.2) is 0 Å². The zero-order valence-corrected chi connectivity index (χ0v) is 14.2. The minimum atomic E-state index is -0.00656. The molecule has 2 heterocycles. The molecule has 0 spiro atoms. The van der Waals surface area contributed by atoms with Gasteiger partial charge in [-0.05, 0) is 38.8 Å². The lowest BCUT2D eigenvalue weighted by atomic mass is 10.1. The van der Waals surface area contributed by atoms with Gasteiger partial charge in [0.2, 0.25) is 11.8 Å². The van der Waals surface area contributed by atoms with Gasteiger partial charge >= 0.3 is 0 Å². The highest BCUT2D eigenvalue weighted by Crippen LogP contribution is 2.18. The van der Waals surface area contributed by atoms with E-state index in [4.69, 9.17) is 4.74 Å². The van der Waals surface area contributed by atoms with E-state index in [1.165, 1.54) is 6.08 Å². The highest BCUT2D eigenvalue weighted by molar-refractivity contribution is 5.92. The van der Waals surface area contributed by atoms with E-state index in [2.05, 4.69) is 30.5 Å². The Labute approximate surface area is 137 Å². The van der Waals surface area contributed by atoms with Gasteiger partial charge in [-0.2, -0.15) is 5.10 Å². The van der Waals surface area contributed by atoms with Crippen LogP contribution in [0.15, 0.2) is 29.9 Å². The van der Waals surface area contributed by atoms with Crippen LogP contribution in [0.25, 0.3) is 0 Å². The van der Waals surface area contributed by atoms with Crippen molar-refractivity contribution >= 4 is 11.8 Å². The molecule has 23 heavy (non-hydrogen) atoms. The predicted molar refractivity (Wildman–Crippen MR) is 90.6 cm³/mol. The molecule has 1 amide bonds. The molecule has 0 N–H and O–H groups in total. The number of hydrogen-bond donors (Lipinski definition) is 0. The number of hydrogen-bond acceptors (Lipinski definition) is 4. The molecule has 0 bridgehead atoms. The first-order chi connectivity index (χ1) is 11.1. The van der Waals surface area contributed by atoms with Gasteiger partial charge in [0.1, 0.15) is 11.8 Å². The lowest BCUT2D eigenvalue weighted by molar-refractivity contribution is -0.126. The standard InChI is InChI=1S/C17H26N4O2/c1-5-16(22)20-11-6-7-14(9-12-20)23-17(18-4)15-8-10-19-21(15)13(2)3/h5,8,10,13-14H,1,6-7,9,11-12H2,2-4H3/b18-17+/t14-/m1/s1. The highest BCUT2D eigenvalue weighted by Gasteiger charge is 2.23. The highest BCUT2D eigenvalue weighted by atomic mass is 16.5. The first kappa shape index (κ1) is 17.2. The van der Waals surface area contributed by atoms with E-state index in [0.29, 0.717) is 12.4 Å². The largest absolute Gasteiger partial charge is 0.473 e. The van der Waals surface area contributed by atoms with Crippen LogP contribution < -0.4 is 0 Å². The van der Waals surface area contributed by atoms with Gasteiger partial charge in [0, 0.05) is 38.8 Å². The third kappa shape index (κ3) is 4.21. The summed E-state index contributed by atoms with van der Waals surface area (Å²) in [6, 6.07) is 2.17. The maximum atomic E-state index is 11.7. The van der Waals surface area contributed by atoms with Crippen LogP contribution in [0.5, 0.6) is 0 Å². The van der Waals surface area contributed by atoms with Crippen LogP contribution in [-0.4, -0.2) is 52.7 Å². The molecule has 1 aliphatic rings. The monoisotopic (exact) mass is 318 g/mol. The van der Waals surface area contributed by atoms with Gasteiger partial charge in [-0.15, -0.1) is 0 Å². The van der Waals surface area contributed by atoms with E-state index in [-0.39, 0.29) is 18.1 Å². The molecule has 2 rings (SSSR count). The van der Waals surface area contributed by atoms with Crippen LogP contribution in [0.3, 0.4) is 0 Å². The molecule has 1 aromatic heterocycles. The molecule has 0 radical (unpaired) electrons. The van der Waals surface area contributed by atoms with E-state index >= 15 is 0 Å². The molecular weight excluding hydrogens is 292 g/mol.